The quantitative estimate of drug-likeness (QED) is 0.289. The lowest BCUT2D eigenvalue weighted by Gasteiger charge is -2.27. The molecule has 0 spiro atoms. The molecular weight excluding hydrogens is 569 g/mol. The van der Waals surface area contributed by atoms with Crippen molar-refractivity contribution in [2.24, 2.45) is 0 Å². The molecule has 0 unspecified atom stereocenters. The number of sulfone groups is 4. The summed E-state index contributed by atoms with van der Waals surface area (Å²) in [4.78, 5) is -2.16. The summed E-state index contributed by atoms with van der Waals surface area (Å²) in [6.07, 6.45) is 0. The van der Waals surface area contributed by atoms with Gasteiger partial charge in [0.2, 0.25) is 9.16 Å². The van der Waals surface area contributed by atoms with Gasteiger partial charge >= 0.3 is 0 Å². The van der Waals surface area contributed by atoms with E-state index in [9.17, 15) is 33.7 Å². The number of hydrogen-bond acceptors (Lipinski definition) is 8. The summed E-state index contributed by atoms with van der Waals surface area (Å²) in [5.74, 6) is 0. The molecule has 8 nitrogen and oxygen atoms in total. The second-order valence-corrected chi connectivity index (χ2v) is 17.0. The largest absolute Gasteiger partial charge is 0.222 e. The smallest absolute Gasteiger partial charge is 0.203 e. The van der Waals surface area contributed by atoms with Gasteiger partial charge in [-0.05, 0) is 48.5 Å². The Labute approximate surface area is 222 Å². The Balaban J connectivity index is 2.15. The van der Waals surface area contributed by atoms with Gasteiger partial charge in [-0.1, -0.05) is 72.8 Å². The number of rotatable bonds is 9. The molecule has 0 saturated heterocycles. The molecular formula is C26H22O8S4. The van der Waals surface area contributed by atoms with Crippen molar-refractivity contribution in [2.45, 2.75) is 28.7 Å². The van der Waals surface area contributed by atoms with Crippen LogP contribution in [0.15, 0.2) is 141 Å². The maximum Gasteiger partial charge on any atom is 0.203 e. The minimum absolute atomic E-state index is 0.541. The van der Waals surface area contributed by atoms with Gasteiger partial charge in [-0.2, -0.15) is 0 Å². The van der Waals surface area contributed by atoms with Gasteiger partial charge in [0.05, 0.1) is 19.6 Å². The van der Waals surface area contributed by atoms with Gasteiger partial charge in [0.1, 0.15) is 0 Å². The first-order valence-electron chi connectivity index (χ1n) is 11.1. The maximum atomic E-state index is 14.0. The van der Waals surface area contributed by atoms with Gasteiger partial charge in [0.15, 0.2) is 39.3 Å². The van der Waals surface area contributed by atoms with Crippen molar-refractivity contribution in [2.75, 3.05) is 0 Å². The molecule has 0 aliphatic heterocycles. The maximum absolute atomic E-state index is 14.0. The van der Waals surface area contributed by atoms with E-state index in [1.54, 1.807) is 0 Å². The Bertz CT molecular complexity index is 1560. The molecule has 0 bridgehead atoms. The molecule has 0 fully saturated rings. The summed E-state index contributed by atoms with van der Waals surface area (Å²) in [6, 6.07) is 25.2. The van der Waals surface area contributed by atoms with Gasteiger partial charge in [0, 0.05) is 0 Å². The van der Waals surface area contributed by atoms with Gasteiger partial charge < -0.3 is 0 Å². The normalized spacial score (nSPS) is 13.0. The van der Waals surface area contributed by atoms with Crippen molar-refractivity contribution in [1.29, 1.82) is 0 Å². The third kappa shape index (κ3) is 5.04. The van der Waals surface area contributed by atoms with E-state index in [1.165, 1.54) is 72.8 Å². The molecule has 4 aromatic carbocycles. The monoisotopic (exact) mass is 590 g/mol. The highest BCUT2D eigenvalue weighted by molar-refractivity contribution is 8.15. The summed E-state index contributed by atoms with van der Waals surface area (Å²) < 4.78 is 106. The highest BCUT2D eigenvalue weighted by Gasteiger charge is 2.57. The van der Waals surface area contributed by atoms with Crippen LogP contribution in [-0.4, -0.2) is 42.8 Å². The lowest BCUT2D eigenvalue weighted by molar-refractivity contribution is 0.554. The highest BCUT2D eigenvalue weighted by atomic mass is 32.3. The van der Waals surface area contributed by atoms with Crippen LogP contribution in [0.5, 0.6) is 0 Å². The van der Waals surface area contributed by atoms with Crippen LogP contribution < -0.4 is 0 Å². The summed E-state index contributed by atoms with van der Waals surface area (Å²) in [6.45, 7) is 0. The van der Waals surface area contributed by atoms with Crippen molar-refractivity contribution in [3.63, 3.8) is 0 Å². The first kappa shape index (κ1) is 27.7. The first-order chi connectivity index (χ1) is 17.9. The van der Waals surface area contributed by atoms with Crippen LogP contribution in [0.3, 0.4) is 0 Å². The van der Waals surface area contributed by atoms with Crippen LogP contribution >= 0.6 is 0 Å². The Morgan fingerprint density at radius 3 is 0.605 bits per heavy atom. The first-order valence-corrected chi connectivity index (χ1v) is 17.3. The fraction of sp³-hybridized carbons (Fsp3) is 0.0769. The van der Waals surface area contributed by atoms with Crippen molar-refractivity contribution in [3.05, 3.63) is 121 Å². The van der Waals surface area contributed by atoms with E-state index in [2.05, 4.69) is 0 Å². The molecule has 0 heterocycles. The molecule has 4 rings (SSSR count). The Kier molecular flexibility index (Phi) is 7.62. The lowest BCUT2D eigenvalue weighted by Crippen LogP contribution is -2.49. The molecule has 12 heteroatoms. The molecule has 0 aliphatic carbocycles. The van der Waals surface area contributed by atoms with Crippen molar-refractivity contribution < 1.29 is 33.7 Å². The van der Waals surface area contributed by atoms with Crippen LogP contribution in [0.25, 0.3) is 0 Å². The third-order valence-electron chi connectivity index (χ3n) is 5.73. The average molecular weight is 591 g/mol. The molecule has 0 atom stereocenters. The van der Waals surface area contributed by atoms with Gasteiger partial charge in [-0.3, -0.25) is 0 Å². The minimum atomic E-state index is -5.13. The van der Waals surface area contributed by atoms with E-state index >= 15 is 0 Å². The van der Waals surface area contributed by atoms with E-state index < -0.39 is 68.1 Å². The fourth-order valence-electron chi connectivity index (χ4n) is 3.90. The lowest BCUT2D eigenvalue weighted by atomic mass is 10.4. The molecule has 0 saturated carbocycles. The minimum Gasteiger partial charge on any atom is -0.222 e. The Morgan fingerprint density at radius 1 is 0.289 bits per heavy atom. The second kappa shape index (κ2) is 10.4. The van der Waals surface area contributed by atoms with Crippen LogP contribution in [0, 0.1) is 0 Å². The van der Waals surface area contributed by atoms with Gasteiger partial charge in [0.25, 0.3) is 0 Å². The standard InChI is InChI=1S/C26H22O8S4/c27-35(28,21-13-5-1-6-14-21)25(36(29,30)22-15-7-2-8-16-22)26(37(31,32)23-17-9-3-10-18-23)38(33,34)24-19-11-4-12-20-24/h1-20,25-26H. The molecule has 38 heavy (non-hydrogen) atoms. The average Bonchev–Trinajstić information content (AvgIpc) is 2.93. The summed E-state index contributed by atoms with van der Waals surface area (Å²) in [5.41, 5.74) is 0. The molecule has 0 N–H and O–H groups in total. The molecule has 0 aromatic heterocycles. The fourth-order valence-corrected chi connectivity index (χ4v) is 15.8. The zero-order chi connectivity index (χ0) is 27.6. The van der Waals surface area contributed by atoms with Crippen LogP contribution in [0.1, 0.15) is 0 Å². The SMILES string of the molecule is O=S(=O)(c1ccccc1)C(C(S(=O)(=O)c1ccccc1)S(=O)(=O)c1ccccc1)S(=O)(=O)c1ccccc1. The molecule has 0 radical (unpaired) electrons. The summed E-state index contributed by atoms with van der Waals surface area (Å²) >= 11 is 0. The molecule has 0 amide bonds. The van der Waals surface area contributed by atoms with E-state index in [0.717, 1.165) is 48.5 Å². The van der Waals surface area contributed by atoms with Crippen molar-refractivity contribution in [3.8, 4) is 0 Å². The number of benzene rings is 4. The van der Waals surface area contributed by atoms with Gasteiger partial charge in [-0.25, -0.2) is 33.7 Å². The predicted octanol–water partition coefficient (Wildman–Crippen LogP) is 3.53. The van der Waals surface area contributed by atoms with E-state index in [4.69, 9.17) is 0 Å². The molecule has 0 aliphatic rings. The second-order valence-electron chi connectivity index (χ2n) is 8.17. The third-order valence-corrected chi connectivity index (χ3v) is 16.7. The summed E-state index contributed by atoms with van der Waals surface area (Å²) in [7, 11) is -20.5. The highest BCUT2D eigenvalue weighted by Crippen LogP contribution is 2.38. The van der Waals surface area contributed by atoms with Crippen LogP contribution in [0.4, 0.5) is 0 Å². The Hall–Kier alpha value is -3.32. The van der Waals surface area contributed by atoms with Gasteiger partial charge in [-0.15, -0.1) is 0 Å². The topological polar surface area (TPSA) is 137 Å². The van der Waals surface area contributed by atoms with E-state index in [1.807, 2.05) is 0 Å². The van der Waals surface area contributed by atoms with Crippen LogP contribution in [0.2, 0.25) is 0 Å². The van der Waals surface area contributed by atoms with E-state index in [0.29, 0.717) is 0 Å². The predicted molar refractivity (Wildman–Crippen MR) is 142 cm³/mol. The van der Waals surface area contributed by atoms with Crippen molar-refractivity contribution in [1.82, 2.24) is 0 Å². The molecule has 4 aromatic rings. The Morgan fingerprint density at radius 2 is 0.447 bits per heavy atom. The van der Waals surface area contributed by atoms with E-state index in [-0.39, 0.29) is 0 Å². The van der Waals surface area contributed by atoms with Crippen LogP contribution in [-0.2, 0) is 39.3 Å². The zero-order valence-electron chi connectivity index (χ0n) is 19.6. The van der Waals surface area contributed by atoms with Crippen molar-refractivity contribution >= 4 is 39.3 Å². The number of hydrogen-bond donors (Lipinski definition) is 0. The summed E-state index contributed by atoms with van der Waals surface area (Å²) in [5, 5.41) is 0. The zero-order valence-corrected chi connectivity index (χ0v) is 22.9. The molecule has 198 valence electrons.